The lowest BCUT2D eigenvalue weighted by Gasteiger charge is -2.23. The fraction of sp³-hybridized carbons (Fsp3) is 0.333. The van der Waals surface area contributed by atoms with Gasteiger partial charge in [-0.3, -0.25) is 0 Å². The van der Waals surface area contributed by atoms with Gasteiger partial charge in [-0.2, -0.15) is 5.10 Å². The summed E-state index contributed by atoms with van der Waals surface area (Å²) >= 11 is 0. The summed E-state index contributed by atoms with van der Waals surface area (Å²) in [6.45, 7) is 1.44. The second-order valence-corrected chi connectivity index (χ2v) is 3.87. The molecule has 1 saturated heterocycles. The minimum atomic E-state index is -0.296. The van der Waals surface area contributed by atoms with Crippen LogP contribution < -0.4 is 11.5 Å². The molecule has 18 heavy (non-hydrogen) atoms. The van der Waals surface area contributed by atoms with Crippen molar-refractivity contribution >= 4 is 12.2 Å². The topological polar surface area (TPSA) is 95.2 Å². The van der Waals surface area contributed by atoms with E-state index in [1.54, 1.807) is 6.21 Å². The number of hydrogen-bond donors (Lipinski definition) is 2. The van der Waals surface area contributed by atoms with Gasteiger partial charge in [-0.05, 0) is 18.1 Å². The van der Waals surface area contributed by atoms with Crippen molar-refractivity contribution in [1.29, 1.82) is 0 Å². The van der Waals surface area contributed by atoms with E-state index in [-0.39, 0.29) is 12.2 Å². The van der Waals surface area contributed by atoms with Crippen LogP contribution in [-0.2, 0) is 9.47 Å². The Hall–Kier alpha value is -1.92. The maximum atomic E-state index is 5.53. The van der Waals surface area contributed by atoms with Crippen molar-refractivity contribution in [2.45, 2.75) is 12.7 Å². The molecule has 0 unspecified atom stereocenters. The lowest BCUT2D eigenvalue weighted by atomic mass is 10.1. The van der Waals surface area contributed by atoms with E-state index in [0.717, 1.165) is 30.8 Å². The van der Waals surface area contributed by atoms with Crippen molar-refractivity contribution in [3.63, 3.8) is 0 Å². The summed E-state index contributed by atoms with van der Waals surface area (Å²) < 4.78 is 11.1. The Bertz CT molecular complexity index is 449. The summed E-state index contributed by atoms with van der Waals surface area (Å²) in [7, 11) is 0. The minimum absolute atomic E-state index is 0.0682. The highest BCUT2D eigenvalue weighted by molar-refractivity contribution is 5.81. The average molecular weight is 248 g/mol. The Morgan fingerprint density at radius 2 is 2.06 bits per heavy atom. The maximum Gasteiger partial charge on any atom is 0.211 e. The van der Waals surface area contributed by atoms with E-state index in [9.17, 15) is 0 Å². The Labute approximate surface area is 105 Å². The summed E-state index contributed by atoms with van der Waals surface area (Å²) in [4.78, 5) is 0. The van der Waals surface area contributed by atoms with Crippen molar-refractivity contribution in [3.05, 3.63) is 35.4 Å². The van der Waals surface area contributed by atoms with Gasteiger partial charge in [0.05, 0.1) is 19.4 Å². The van der Waals surface area contributed by atoms with Crippen molar-refractivity contribution < 1.29 is 9.47 Å². The molecule has 0 saturated carbocycles. The van der Waals surface area contributed by atoms with Gasteiger partial charge in [0.25, 0.3) is 0 Å². The van der Waals surface area contributed by atoms with E-state index >= 15 is 0 Å². The Balaban J connectivity index is 2.09. The zero-order valence-electron chi connectivity index (χ0n) is 9.95. The summed E-state index contributed by atoms with van der Waals surface area (Å²) in [6, 6.07) is 7.70. The van der Waals surface area contributed by atoms with Crippen LogP contribution >= 0.6 is 0 Å². The molecule has 1 aliphatic rings. The van der Waals surface area contributed by atoms with E-state index < -0.39 is 0 Å². The highest BCUT2D eigenvalue weighted by Gasteiger charge is 2.16. The normalized spacial score (nSPS) is 16.9. The van der Waals surface area contributed by atoms with Crippen LogP contribution in [0.25, 0.3) is 0 Å². The van der Waals surface area contributed by atoms with E-state index in [0.29, 0.717) is 0 Å². The predicted octanol–water partition coefficient (Wildman–Crippen LogP) is 0.729. The number of benzene rings is 1. The Kier molecular flexibility index (Phi) is 4.27. The second kappa shape index (κ2) is 6.13. The Morgan fingerprint density at radius 3 is 2.78 bits per heavy atom. The summed E-state index contributed by atoms with van der Waals surface area (Å²) in [5.41, 5.74) is 12.2. The van der Waals surface area contributed by atoms with E-state index in [4.69, 9.17) is 20.9 Å². The molecule has 0 aliphatic carbocycles. The smallest absolute Gasteiger partial charge is 0.211 e. The van der Waals surface area contributed by atoms with Crippen LogP contribution in [0.3, 0.4) is 0 Å². The largest absolute Gasteiger partial charge is 0.369 e. The average Bonchev–Trinajstić information content (AvgIpc) is 2.40. The van der Waals surface area contributed by atoms with Crippen LogP contribution in [0.4, 0.5) is 0 Å². The first kappa shape index (κ1) is 12.5. The van der Waals surface area contributed by atoms with Gasteiger partial charge in [0.15, 0.2) is 6.29 Å². The molecule has 0 amide bonds. The van der Waals surface area contributed by atoms with Crippen LogP contribution in [0.15, 0.2) is 34.5 Å². The molecule has 96 valence electrons. The van der Waals surface area contributed by atoms with Gasteiger partial charge in [0.1, 0.15) is 0 Å². The lowest BCUT2D eigenvalue weighted by molar-refractivity contribution is -0.183. The van der Waals surface area contributed by atoms with Crippen molar-refractivity contribution in [2.24, 2.45) is 21.7 Å². The third-order valence-corrected chi connectivity index (χ3v) is 2.39. The van der Waals surface area contributed by atoms with Gasteiger partial charge in [-0.25, -0.2) is 0 Å². The van der Waals surface area contributed by atoms with Crippen molar-refractivity contribution in [1.82, 2.24) is 0 Å². The SMILES string of the molecule is NC(N)=NN=Cc1cccc(C2OCCCO2)c1. The van der Waals surface area contributed by atoms with Crippen LogP contribution in [0.5, 0.6) is 0 Å². The van der Waals surface area contributed by atoms with Gasteiger partial charge in [-0.15, -0.1) is 5.10 Å². The van der Waals surface area contributed by atoms with Gasteiger partial charge in [0.2, 0.25) is 5.96 Å². The highest BCUT2D eigenvalue weighted by Crippen LogP contribution is 2.23. The van der Waals surface area contributed by atoms with Gasteiger partial charge in [-0.1, -0.05) is 18.2 Å². The highest BCUT2D eigenvalue weighted by atomic mass is 16.7. The molecule has 1 heterocycles. The van der Waals surface area contributed by atoms with E-state index in [2.05, 4.69) is 10.2 Å². The number of hydrogen-bond acceptors (Lipinski definition) is 4. The zero-order chi connectivity index (χ0) is 12.8. The molecule has 0 spiro atoms. The molecule has 1 aromatic rings. The molecule has 0 atom stereocenters. The van der Waals surface area contributed by atoms with Crippen LogP contribution in [0, 0.1) is 0 Å². The molecule has 0 aromatic heterocycles. The molecular weight excluding hydrogens is 232 g/mol. The molecule has 1 fully saturated rings. The third-order valence-electron chi connectivity index (χ3n) is 2.39. The monoisotopic (exact) mass is 248 g/mol. The standard InChI is InChI=1S/C12H16N4O2/c13-12(14)16-15-8-9-3-1-4-10(7-9)11-17-5-2-6-18-11/h1,3-4,7-8,11H,2,5-6H2,(H4,13,14,16). The maximum absolute atomic E-state index is 5.53. The molecule has 6 heteroatoms. The number of rotatable bonds is 3. The summed E-state index contributed by atoms with van der Waals surface area (Å²) in [6.07, 6.45) is 2.21. The molecule has 0 radical (unpaired) electrons. The number of nitrogens with zero attached hydrogens (tertiary/aromatic N) is 2. The second-order valence-electron chi connectivity index (χ2n) is 3.87. The molecule has 1 aliphatic heterocycles. The first-order valence-corrected chi connectivity index (χ1v) is 5.71. The summed E-state index contributed by atoms with van der Waals surface area (Å²) in [5, 5.41) is 7.30. The summed E-state index contributed by atoms with van der Waals surface area (Å²) in [5.74, 6) is -0.0682. The fourth-order valence-electron chi connectivity index (χ4n) is 1.63. The minimum Gasteiger partial charge on any atom is -0.369 e. The van der Waals surface area contributed by atoms with Gasteiger partial charge < -0.3 is 20.9 Å². The number of guanidine groups is 1. The molecule has 0 bridgehead atoms. The van der Waals surface area contributed by atoms with Crippen LogP contribution in [-0.4, -0.2) is 25.4 Å². The fourth-order valence-corrected chi connectivity index (χ4v) is 1.63. The van der Waals surface area contributed by atoms with Crippen molar-refractivity contribution in [2.75, 3.05) is 13.2 Å². The molecule has 1 aromatic carbocycles. The first-order chi connectivity index (χ1) is 8.75. The van der Waals surface area contributed by atoms with E-state index in [1.165, 1.54) is 0 Å². The number of ether oxygens (including phenoxy) is 2. The zero-order valence-corrected chi connectivity index (χ0v) is 9.95. The quantitative estimate of drug-likeness (QED) is 0.468. The molecular formula is C12H16N4O2. The molecule has 4 N–H and O–H groups in total. The van der Waals surface area contributed by atoms with Crippen LogP contribution in [0.2, 0.25) is 0 Å². The van der Waals surface area contributed by atoms with Gasteiger partial charge in [0, 0.05) is 5.56 Å². The number of nitrogens with two attached hydrogens (primary N) is 2. The first-order valence-electron chi connectivity index (χ1n) is 5.71. The van der Waals surface area contributed by atoms with Gasteiger partial charge >= 0.3 is 0 Å². The lowest BCUT2D eigenvalue weighted by Crippen LogP contribution is -2.21. The van der Waals surface area contributed by atoms with Crippen LogP contribution in [0.1, 0.15) is 23.8 Å². The predicted molar refractivity (Wildman–Crippen MR) is 69.1 cm³/mol. The molecule has 2 rings (SSSR count). The van der Waals surface area contributed by atoms with E-state index in [1.807, 2.05) is 24.3 Å². The third kappa shape index (κ3) is 3.54. The Morgan fingerprint density at radius 1 is 1.28 bits per heavy atom. The molecule has 6 nitrogen and oxygen atoms in total. The van der Waals surface area contributed by atoms with Crippen molar-refractivity contribution in [3.8, 4) is 0 Å².